The second kappa shape index (κ2) is 6.18. The lowest BCUT2D eigenvalue weighted by Gasteiger charge is -2.16. The Morgan fingerprint density at radius 1 is 1.50 bits per heavy atom. The maximum absolute atomic E-state index is 11.8. The normalized spacial score (nSPS) is 12.8. The summed E-state index contributed by atoms with van der Waals surface area (Å²) in [5.41, 5.74) is 1.67. The number of hydrogen-bond donors (Lipinski definition) is 0. The molecule has 0 amide bonds. The topological polar surface area (TPSA) is 34.9 Å². The zero-order chi connectivity index (χ0) is 12.1. The Labute approximate surface area is 105 Å². The van der Waals surface area contributed by atoms with E-state index in [1.54, 1.807) is 4.57 Å². The highest BCUT2D eigenvalue weighted by Gasteiger charge is 2.10. The van der Waals surface area contributed by atoms with Crippen molar-refractivity contribution in [2.75, 3.05) is 5.33 Å². The lowest BCUT2D eigenvalue weighted by atomic mass is 10.1. The van der Waals surface area contributed by atoms with Crippen LogP contribution < -0.4 is 5.69 Å². The van der Waals surface area contributed by atoms with Gasteiger partial charge in [-0.2, -0.15) is 4.98 Å². The third-order valence-corrected chi connectivity index (χ3v) is 3.62. The van der Waals surface area contributed by atoms with E-state index in [1.165, 1.54) is 0 Å². The average molecular weight is 287 g/mol. The molecule has 0 saturated carbocycles. The van der Waals surface area contributed by atoms with Gasteiger partial charge in [0.1, 0.15) is 0 Å². The van der Waals surface area contributed by atoms with Gasteiger partial charge in [0, 0.05) is 23.3 Å². The van der Waals surface area contributed by atoms with E-state index in [9.17, 15) is 4.79 Å². The minimum absolute atomic E-state index is 0.125. The Bertz CT molecular complexity index is 400. The molecule has 0 spiro atoms. The molecule has 0 fully saturated rings. The molecule has 1 aromatic rings. The molecule has 0 aliphatic rings. The van der Waals surface area contributed by atoms with Crippen LogP contribution in [0.15, 0.2) is 10.9 Å². The van der Waals surface area contributed by atoms with Gasteiger partial charge in [-0.3, -0.25) is 4.57 Å². The molecular formula is C12H19BrN2O. The van der Waals surface area contributed by atoms with Gasteiger partial charge >= 0.3 is 5.69 Å². The van der Waals surface area contributed by atoms with E-state index in [0.29, 0.717) is 5.92 Å². The van der Waals surface area contributed by atoms with Crippen molar-refractivity contribution in [3.8, 4) is 0 Å². The summed E-state index contributed by atoms with van der Waals surface area (Å²) in [5.74, 6) is 0.505. The fourth-order valence-electron chi connectivity index (χ4n) is 1.88. The molecule has 1 rings (SSSR count). The summed E-state index contributed by atoms with van der Waals surface area (Å²) in [6.07, 6.45) is 2.27. The molecule has 3 nitrogen and oxygen atoms in total. The van der Waals surface area contributed by atoms with Crippen LogP contribution in [-0.4, -0.2) is 14.9 Å². The molecule has 0 aliphatic carbocycles. The molecule has 0 N–H and O–H groups in total. The standard InChI is InChI=1S/C12H19BrN2O/c1-4-5-11(7-13)8-15-10(3)6-9(2)14-12(15)16/h6,11H,4-5,7-8H2,1-3H3. The van der Waals surface area contributed by atoms with Crippen LogP contribution in [0.4, 0.5) is 0 Å². The number of aromatic nitrogens is 2. The van der Waals surface area contributed by atoms with Gasteiger partial charge in [0.15, 0.2) is 0 Å². The van der Waals surface area contributed by atoms with E-state index in [1.807, 2.05) is 19.9 Å². The van der Waals surface area contributed by atoms with Crippen molar-refractivity contribution in [2.24, 2.45) is 5.92 Å². The summed E-state index contributed by atoms with van der Waals surface area (Å²) in [6.45, 7) is 6.75. The molecule has 1 atom stereocenters. The molecule has 0 bridgehead atoms. The lowest BCUT2D eigenvalue weighted by molar-refractivity contribution is 0.436. The average Bonchev–Trinajstić information content (AvgIpc) is 2.21. The minimum atomic E-state index is -0.125. The SMILES string of the molecule is CCCC(CBr)Cn1c(C)cc(C)nc1=O. The van der Waals surface area contributed by atoms with Crippen LogP contribution in [-0.2, 0) is 6.54 Å². The molecule has 0 radical (unpaired) electrons. The molecule has 1 aromatic heterocycles. The Kier molecular flexibility index (Phi) is 5.19. The van der Waals surface area contributed by atoms with Crippen molar-refractivity contribution >= 4 is 15.9 Å². The molecule has 16 heavy (non-hydrogen) atoms. The first kappa shape index (κ1) is 13.4. The second-order valence-electron chi connectivity index (χ2n) is 4.24. The first-order chi connectivity index (χ1) is 7.58. The van der Waals surface area contributed by atoms with Gasteiger partial charge in [0.2, 0.25) is 0 Å². The minimum Gasteiger partial charge on any atom is -0.296 e. The van der Waals surface area contributed by atoms with E-state index >= 15 is 0 Å². The number of halogens is 1. The zero-order valence-electron chi connectivity index (χ0n) is 10.2. The van der Waals surface area contributed by atoms with E-state index < -0.39 is 0 Å². The van der Waals surface area contributed by atoms with Gasteiger partial charge in [-0.1, -0.05) is 29.3 Å². The first-order valence-corrected chi connectivity index (χ1v) is 6.81. The molecular weight excluding hydrogens is 268 g/mol. The fourth-order valence-corrected chi connectivity index (χ4v) is 2.41. The fraction of sp³-hybridized carbons (Fsp3) is 0.667. The molecule has 0 saturated heterocycles. The smallest absolute Gasteiger partial charge is 0.296 e. The monoisotopic (exact) mass is 286 g/mol. The Morgan fingerprint density at radius 2 is 2.19 bits per heavy atom. The second-order valence-corrected chi connectivity index (χ2v) is 4.89. The van der Waals surface area contributed by atoms with Crippen LogP contribution in [0.1, 0.15) is 31.2 Å². The quantitative estimate of drug-likeness (QED) is 0.780. The predicted octanol–water partition coefficient (Wildman–Crippen LogP) is 2.67. The number of hydrogen-bond acceptors (Lipinski definition) is 2. The predicted molar refractivity (Wildman–Crippen MR) is 70.2 cm³/mol. The van der Waals surface area contributed by atoms with Crippen LogP contribution in [0.2, 0.25) is 0 Å². The Morgan fingerprint density at radius 3 is 2.69 bits per heavy atom. The summed E-state index contributed by atoms with van der Waals surface area (Å²) in [4.78, 5) is 15.7. The maximum atomic E-state index is 11.8. The highest BCUT2D eigenvalue weighted by atomic mass is 79.9. The highest BCUT2D eigenvalue weighted by molar-refractivity contribution is 9.09. The maximum Gasteiger partial charge on any atom is 0.347 e. The lowest BCUT2D eigenvalue weighted by Crippen LogP contribution is -2.29. The van der Waals surface area contributed by atoms with Crippen LogP contribution in [0, 0.1) is 19.8 Å². The van der Waals surface area contributed by atoms with Crippen LogP contribution in [0.3, 0.4) is 0 Å². The van der Waals surface area contributed by atoms with Gasteiger partial charge in [-0.15, -0.1) is 0 Å². The third kappa shape index (κ3) is 3.44. The number of rotatable bonds is 5. The number of nitrogens with zero attached hydrogens (tertiary/aromatic N) is 2. The van der Waals surface area contributed by atoms with E-state index in [4.69, 9.17) is 0 Å². The molecule has 4 heteroatoms. The molecule has 90 valence electrons. The summed E-state index contributed by atoms with van der Waals surface area (Å²) >= 11 is 3.50. The first-order valence-electron chi connectivity index (χ1n) is 5.69. The van der Waals surface area contributed by atoms with Crippen molar-refractivity contribution in [3.05, 3.63) is 27.9 Å². The third-order valence-electron chi connectivity index (χ3n) is 2.70. The number of alkyl halides is 1. The van der Waals surface area contributed by atoms with Crippen molar-refractivity contribution in [3.63, 3.8) is 0 Å². The van der Waals surface area contributed by atoms with E-state index in [0.717, 1.165) is 36.1 Å². The molecule has 1 unspecified atom stereocenters. The van der Waals surface area contributed by atoms with Gasteiger partial charge in [-0.05, 0) is 32.3 Å². The summed E-state index contributed by atoms with van der Waals surface area (Å²) in [5, 5.41) is 0.931. The van der Waals surface area contributed by atoms with E-state index in [2.05, 4.69) is 27.8 Å². The summed E-state index contributed by atoms with van der Waals surface area (Å²) in [6, 6.07) is 1.96. The van der Waals surface area contributed by atoms with Crippen molar-refractivity contribution < 1.29 is 0 Å². The summed E-state index contributed by atoms with van der Waals surface area (Å²) < 4.78 is 1.77. The van der Waals surface area contributed by atoms with Gasteiger partial charge in [-0.25, -0.2) is 4.79 Å². The van der Waals surface area contributed by atoms with Crippen LogP contribution >= 0.6 is 15.9 Å². The number of aryl methyl sites for hydroxylation is 2. The Hall–Kier alpha value is -0.640. The van der Waals surface area contributed by atoms with Gasteiger partial charge in [0.25, 0.3) is 0 Å². The molecule has 0 aliphatic heterocycles. The van der Waals surface area contributed by atoms with Gasteiger partial charge < -0.3 is 0 Å². The molecule has 1 heterocycles. The van der Waals surface area contributed by atoms with Crippen molar-refractivity contribution in [1.82, 2.24) is 9.55 Å². The summed E-state index contributed by atoms with van der Waals surface area (Å²) in [7, 11) is 0. The van der Waals surface area contributed by atoms with Crippen LogP contribution in [0.5, 0.6) is 0 Å². The Balaban J connectivity index is 2.92. The van der Waals surface area contributed by atoms with Crippen molar-refractivity contribution in [2.45, 2.75) is 40.2 Å². The van der Waals surface area contributed by atoms with Crippen LogP contribution in [0.25, 0.3) is 0 Å². The molecule has 0 aromatic carbocycles. The van der Waals surface area contributed by atoms with Crippen molar-refractivity contribution in [1.29, 1.82) is 0 Å². The van der Waals surface area contributed by atoms with E-state index in [-0.39, 0.29) is 5.69 Å². The largest absolute Gasteiger partial charge is 0.347 e. The highest BCUT2D eigenvalue weighted by Crippen LogP contribution is 2.12. The van der Waals surface area contributed by atoms with Gasteiger partial charge in [0.05, 0.1) is 0 Å². The zero-order valence-corrected chi connectivity index (χ0v) is 11.7.